The van der Waals surface area contributed by atoms with Gasteiger partial charge in [0.25, 0.3) is 0 Å². The van der Waals surface area contributed by atoms with E-state index in [1.807, 2.05) is 17.8 Å². The van der Waals surface area contributed by atoms with Gasteiger partial charge < -0.3 is 15.4 Å². The number of anilines is 1. The van der Waals surface area contributed by atoms with E-state index in [1.54, 1.807) is 6.20 Å². The van der Waals surface area contributed by atoms with Gasteiger partial charge in [-0.15, -0.1) is 0 Å². The summed E-state index contributed by atoms with van der Waals surface area (Å²) in [6.07, 6.45) is 7.96. The van der Waals surface area contributed by atoms with Crippen LogP contribution in [0.4, 0.5) is 5.69 Å². The summed E-state index contributed by atoms with van der Waals surface area (Å²) in [7, 11) is 0. The largest absolute Gasteiger partial charge is 0.376 e. The average molecular weight is 278 g/mol. The molecule has 0 spiro atoms. The van der Waals surface area contributed by atoms with E-state index in [-0.39, 0.29) is 12.0 Å². The van der Waals surface area contributed by atoms with Crippen molar-refractivity contribution in [2.24, 2.45) is 0 Å². The smallest absolute Gasteiger partial charge is 0.244 e. The summed E-state index contributed by atoms with van der Waals surface area (Å²) in [5, 5.41) is 10.5. The summed E-state index contributed by atoms with van der Waals surface area (Å²) in [6.45, 7) is 4.46. The highest BCUT2D eigenvalue weighted by Crippen LogP contribution is 2.21. The molecule has 2 N–H and O–H groups in total. The van der Waals surface area contributed by atoms with Gasteiger partial charge in [0.2, 0.25) is 5.91 Å². The fourth-order valence-electron chi connectivity index (χ4n) is 2.88. The van der Waals surface area contributed by atoms with Gasteiger partial charge in [-0.2, -0.15) is 5.10 Å². The molecule has 2 aliphatic rings. The Morgan fingerprint density at radius 3 is 3.25 bits per heavy atom. The van der Waals surface area contributed by atoms with Crippen molar-refractivity contribution in [2.45, 2.75) is 50.8 Å². The van der Waals surface area contributed by atoms with Crippen LogP contribution in [0.2, 0.25) is 0 Å². The predicted molar refractivity (Wildman–Crippen MR) is 75.5 cm³/mol. The zero-order chi connectivity index (χ0) is 14.0. The molecule has 20 heavy (non-hydrogen) atoms. The third-order valence-electron chi connectivity index (χ3n) is 4.18. The molecule has 0 aliphatic carbocycles. The molecular weight excluding hydrogens is 256 g/mol. The van der Waals surface area contributed by atoms with Crippen LogP contribution >= 0.6 is 0 Å². The summed E-state index contributed by atoms with van der Waals surface area (Å²) in [5.74, 6) is 0.0201. The predicted octanol–water partition coefficient (Wildman–Crippen LogP) is 1.14. The molecule has 2 aliphatic heterocycles. The van der Waals surface area contributed by atoms with Crippen molar-refractivity contribution in [3.8, 4) is 0 Å². The van der Waals surface area contributed by atoms with Gasteiger partial charge in [0.1, 0.15) is 0 Å². The minimum atomic E-state index is -0.448. The normalized spacial score (nSPS) is 29.8. The van der Waals surface area contributed by atoms with Crippen LogP contribution in [0, 0.1) is 0 Å². The molecule has 2 atom stereocenters. The molecule has 6 heteroatoms. The van der Waals surface area contributed by atoms with E-state index >= 15 is 0 Å². The molecule has 1 amide bonds. The summed E-state index contributed by atoms with van der Waals surface area (Å²) < 4.78 is 7.43. The third kappa shape index (κ3) is 2.86. The highest BCUT2D eigenvalue weighted by atomic mass is 16.5. The minimum absolute atomic E-state index is 0.0201. The SMILES string of the molecule is CC1(C(=O)Nc2cnn(CC3CCCO3)c2)CCCN1. The standard InChI is InChI=1S/C14H22N4O2/c1-14(5-3-6-15-14)13(19)17-11-8-16-18(9-11)10-12-4-2-7-20-12/h8-9,12,15H,2-7,10H2,1H3,(H,17,19). The Morgan fingerprint density at radius 2 is 2.55 bits per heavy atom. The number of carbonyl (C=O) groups excluding carboxylic acids is 1. The second-order valence-electron chi connectivity index (χ2n) is 5.90. The lowest BCUT2D eigenvalue weighted by molar-refractivity contribution is -0.121. The van der Waals surface area contributed by atoms with E-state index in [4.69, 9.17) is 4.74 Å². The van der Waals surface area contributed by atoms with Crippen molar-refractivity contribution in [1.29, 1.82) is 0 Å². The average Bonchev–Trinajstić information content (AvgIpc) is 3.13. The molecule has 3 heterocycles. The van der Waals surface area contributed by atoms with Crippen molar-refractivity contribution in [2.75, 3.05) is 18.5 Å². The molecule has 0 saturated carbocycles. The van der Waals surface area contributed by atoms with Crippen LogP contribution in [0.3, 0.4) is 0 Å². The van der Waals surface area contributed by atoms with Gasteiger partial charge >= 0.3 is 0 Å². The van der Waals surface area contributed by atoms with Crippen molar-refractivity contribution < 1.29 is 9.53 Å². The van der Waals surface area contributed by atoms with Crippen molar-refractivity contribution in [3.05, 3.63) is 12.4 Å². The summed E-state index contributed by atoms with van der Waals surface area (Å²) >= 11 is 0. The molecule has 1 aromatic rings. The van der Waals surface area contributed by atoms with Crippen molar-refractivity contribution in [1.82, 2.24) is 15.1 Å². The number of ether oxygens (including phenoxy) is 1. The lowest BCUT2D eigenvalue weighted by atomic mass is 9.99. The van der Waals surface area contributed by atoms with E-state index in [1.165, 1.54) is 0 Å². The molecule has 0 aromatic carbocycles. The highest BCUT2D eigenvalue weighted by molar-refractivity contribution is 5.97. The first-order chi connectivity index (χ1) is 9.66. The Bertz CT molecular complexity index is 473. The topological polar surface area (TPSA) is 68.2 Å². The number of nitrogens with one attached hydrogen (secondary N) is 2. The molecule has 6 nitrogen and oxygen atoms in total. The zero-order valence-corrected chi connectivity index (χ0v) is 11.9. The molecule has 0 bridgehead atoms. The van der Waals surface area contributed by atoms with Gasteiger partial charge in [0.15, 0.2) is 0 Å². The minimum Gasteiger partial charge on any atom is -0.376 e. The quantitative estimate of drug-likeness (QED) is 0.866. The summed E-state index contributed by atoms with van der Waals surface area (Å²) in [6, 6.07) is 0. The van der Waals surface area contributed by atoms with E-state index in [0.29, 0.717) is 0 Å². The number of rotatable bonds is 4. The summed E-state index contributed by atoms with van der Waals surface area (Å²) in [5.41, 5.74) is 0.305. The van der Waals surface area contributed by atoms with Crippen molar-refractivity contribution in [3.63, 3.8) is 0 Å². The molecule has 2 saturated heterocycles. The fraction of sp³-hybridized carbons (Fsp3) is 0.714. The Kier molecular flexibility index (Phi) is 3.76. The number of nitrogens with zero attached hydrogens (tertiary/aromatic N) is 2. The van der Waals surface area contributed by atoms with Crippen LogP contribution in [0.1, 0.15) is 32.6 Å². The van der Waals surface area contributed by atoms with Crippen LogP contribution in [-0.4, -0.2) is 40.5 Å². The van der Waals surface area contributed by atoms with Gasteiger partial charge in [-0.25, -0.2) is 0 Å². The molecule has 110 valence electrons. The number of hydrogen-bond donors (Lipinski definition) is 2. The molecule has 2 fully saturated rings. The first-order valence-electron chi connectivity index (χ1n) is 7.36. The number of hydrogen-bond acceptors (Lipinski definition) is 4. The van der Waals surface area contributed by atoms with E-state index in [0.717, 1.165) is 51.1 Å². The van der Waals surface area contributed by atoms with Crippen LogP contribution in [0.25, 0.3) is 0 Å². The van der Waals surface area contributed by atoms with Gasteiger partial charge in [0, 0.05) is 12.8 Å². The van der Waals surface area contributed by atoms with E-state index < -0.39 is 5.54 Å². The first-order valence-corrected chi connectivity index (χ1v) is 7.36. The monoisotopic (exact) mass is 278 g/mol. The number of aromatic nitrogens is 2. The van der Waals surface area contributed by atoms with E-state index in [2.05, 4.69) is 15.7 Å². The Hall–Kier alpha value is -1.40. The molecular formula is C14H22N4O2. The molecule has 1 aromatic heterocycles. The number of amides is 1. The zero-order valence-electron chi connectivity index (χ0n) is 11.9. The maximum atomic E-state index is 12.3. The second-order valence-corrected chi connectivity index (χ2v) is 5.90. The van der Waals surface area contributed by atoms with Gasteiger partial charge in [-0.05, 0) is 39.2 Å². The fourth-order valence-corrected chi connectivity index (χ4v) is 2.88. The lowest BCUT2D eigenvalue weighted by Gasteiger charge is -2.22. The molecule has 0 radical (unpaired) electrons. The highest BCUT2D eigenvalue weighted by Gasteiger charge is 2.35. The second kappa shape index (κ2) is 5.54. The van der Waals surface area contributed by atoms with Gasteiger partial charge in [0.05, 0.1) is 30.1 Å². The van der Waals surface area contributed by atoms with Crippen LogP contribution in [-0.2, 0) is 16.1 Å². The van der Waals surface area contributed by atoms with Gasteiger partial charge in [-0.3, -0.25) is 9.48 Å². The molecule has 3 rings (SSSR count). The Morgan fingerprint density at radius 1 is 1.65 bits per heavy atom. The molecule has 2 unspecified atom stereocenters. The third-order valence-corrected chi connectivity index (χ3v) is 4.18. The number of carbonyl (C=O) groups is 1. The van der Waals surface area contributed by atoms with Crippen molar-refractivity contribution >= 4 is 11.6 Å². The summed E-state index contributed by atoms with van der Waals surface area (Å²) in [4.78, 5) is 12.3. The lowest BCUT2D eigenvalue weighted by Crippen LogP contribution is -2.47. The maximum absolute atomic E-state index is 12.3. The van der Waals surface area contributed by atoms with Crippen LogP contribution in [0.15, 0.2) is 12.4 Å². The van der Waals surface area contributed by atoms with E-state index in [9.17, 15) is 4.79 Å². The first kappa shape index (κ1) is 13.6. The maximum Gasteiger partial charge on any atom is 0.244 e. The Labute approximate surface area is 118 Å². The Balaban J connectivity index is 1.57. The van der Waals surface area contributed by atoms with Crippen LogP contribution < -0.4 is 10.6 Å². The van der Waals surface area contributed by atoms with Crippen LogP contribution in [0.5, 0.6) is 0 Å². The van der Waals surface area contributed by atoms with Gasteiger partial charge in [-0.1, -0.05) is 0 Å².